The van der Waals surface area contributed by atoms with Gasteiger partial charge in [-0.1, -0.05) is 42.5 Å². The first-order valence-corrected chi connectivity index (χ1v) is 8.58. The van der Waals surface area contributed by atoms with Crippen LogP contribution in [0.1, 0.15) is 12.8 Å². The number of carbonyl (C=O) groups excluding carboxylic acids is 1. The third kappa shape index (κ3) is 4.83. The molecular formula is C20H24N2O2. The van der Waals surface area contributed by atoms with Crippen molar-refractivity contribution in [3.63, 3.8) is 0 Å². The molecule has 0 saturated carbocycles. The Morgan fingerprint density at radius 3 is 2.33 bits per heavy atom. The molecule has 3 rings (SSSR count). The lowest BCUT2D eigenvalue weighted by atomic mass is 10.1. The molecule has 1 aliphatic rings. The number of rotatable bonds is 7. The number of nitrogens with zero attached hydrogens (tertiary/aromatic N) is 1. The molecule has 0 aromatic heterocycles. The molecule has 1 fully saturated rings. The van der Waals surface area contributed by atoms with Crippen LogP contribution in [0.15, 0.2) is 54.6 Å². The van der Waals surface area contributed by atoms with E-state index in [9.17, 15) is 4.79 Å². The fourth-order valence-electron chi connectivity index (χ4n) is 2.93. The third-order valence-electron chi connectivity index (χ3n) is 4.28. The maximum Gasteiger partial charge on any atom is 0.257 e. The molecule has 4 heteroatoms. The summed E-state index contributed by atoms with van der Waals surface area (Å²) in [7, 11) is 0. The van der Waals surface area contributed by atoms with Gasteiger partial charge in [0, 0.05) is 13.1 Å². The first-order valence-electron chi connectivity index (χ1n) is 8.58. The predicted molar refractivity (Wildman–Crippen MR) is 96.1 cm³/mol. The van der Waals surface area contributed by atoms with Crippen molar-refractivity contribution in [3.05, 3.63) is 54.6 Å². The highest BCUT2D eigenvalue weighted by Crippen LogP contribution is 2.21. The van der Waals surface area contributed by atoms with Gasteiger partial charge in [0.1, 0.15) is 5.75 Å². The zero-order valence-electron chi connectivity index (χ0n) is 13.9. The van der Waals surface area contributed by atoms with Gasteiger partial charge in [0.2, 0.25) is 0 Å². The minimum absolute atomic E-state index is 0.0602. The van der Waals surface area contributed by atoms with Crippen molar-refractivity contribution in [1.82, 2.24) is 10.2 Å². The Labute approximate surface area is 143 Å². The number of hydrogen-bond acceptors (Lipinski definition) is 3. The van der Waals surface area contributed by atoms with Gasteiger partial charge in [-0.2, -0.15) is 0 Å². The smallest absolute Gasteiger partial charge is 0.257 e. The van der Waals surface area contributed by atoms with E-state index in [1.54, 1.807) is 0 Å². The topological polar surface area (TPSA) is 41.6 Å². The van der Waals surface area contributed by atoms with Crippen LogP contribution in [-0.4, -0.2) is 43.6 Å². The summed E-state index contributed by atoms with van der Waals surface area (Å²) in [4.78, 5) is 14.2. The maximum atomic E-state index is 11.8. The number of hydrogen-bond donors (Lipinski definition) is 1. The summed E-state index contributed by atoms with van der Waals surface area (Å²) in [6.45, 7) is 3.98. The Hall–Kier alpha value is -2.33. The normalized spacial score (nSPS) is 14.5. The minimum Gasteiger partial charge on any atom is -0.484 e. The minimum atomic E-state index is -0.0682. The molecule has 0 bridgehead atoms. The summed E-state index contributed by atoms with van der Waals surface area (Å²) in [5.41, 5.74) is 2.31. The molecular weight excluding hydrogens is 300 g/mol. The first-order chi connectivity index (χ1) is 11.8. The quantitative estimate of drug-likeness (QED) is 0.851. The average Bonchev–Trinajstić information content (AvgIpc) is 3.15. The SMILES string of the molecule is O=C(COc1ccc(-c2ccccc2)cc1)NCCN1CCCC1. The van der Waals surface area contributed by atoms with E-state index in [1.165, 1.54) is 18.4 Å². The van der Waals surface area contributed by atoms with Gasteiger partial charge in [-0.25, -0.2) is 0 Å². The van der Waals surface area contributed by atoms with Crippen LogP contribution in [0.25, 0.3) is 11.1 Å². The number of ether oxygens (including phenoxy) is 1. The van der Waals surface area contributed by atoms with Crippen molar-refractivity contribution in [3.8, 4) is 16.9 Å². The Kier molecular flexibility index (Phi) is 5.85. The van der Waals surface area contributed by atoms with Gasteiger partial charge in [-0.3, -0.25) is 4.79 Å². The molecule has 1 aliphatic heterocycles. The van der Waals surface area contributed by atoms with Crippen LogP contribution in [0, 0.1) is 0 Å². The van der Waals surface area contributed by atoms with Crippen molar-refractivity contribution >= 4 is 5.91 Å². The largest absolute Gasteiger partial charge is 0.484 e. The van der Waals surface area contributed by atoms with Gasteiger partial charge in [0.15, 0.2) is 6.61 Å². The summed E-state index contributed by atoms with van der Waals surface area (Å²) >= 11 is 0. The van der Waals surface area contributed by atoms with Crippen molar-refractivity contribution in [2.24, 2.45) is 0 Å². The van der Waals surface area contributed by atoms with E-state index in [0.29, 0.717) is 12.3 Å². The van der Waals surface area contributed by atoms with Gasteiger partial charge < -0.3 is 15.0 Å². The zero-order chi connectivity index (χ0) is 16.6. The molecule has 0 aliphatic carbocycles. The fraction of sp³-hybridized carbons (Fsp3) is 0.350. The van der Waals surface area contributed by atoms with Crippen LogP contribution in [0.5, 0.6) is 5.75 Å². The molecule has 4 nitrogen and oxygen atoms in total. The lowest BCUT2D eigenvalue weighted by molar-refractivity contribution is -0.123. The fourth-order valence-corrected chi connectivity index (χ4v) is 2.93. The number of carbonyl (C=O) groups is 1. The summed E-state index contributed by atoms with van der Waals surface area (Å²) in [5.74, 6) is 0.644. The molecule has 1 N–H and O–H groups in total. The van der Waals surface area contributed by atoms with Gasteiger partial charge in [-0.05, 0) is 49.2 Å². The van der Waals surface area contributed by atoms with Gasteiger partial charge >= 0.3 is 0 Å². The second kappa shape index (κ2) is 8.50. The summed E-state index contributed by atoms with van der Waals surface area (Å²) < 4.78 is 5.56. The molecule has 1 heterocycles. The molecule has 2 aromatic rings. The average molecular weight is 324 g/mol. The van der Waals surface area contributed by atoms with Crippen LogP contribution >= 0.6 is 0 Å². The van der Waals surface area contributed by atoms with Gasteiger partial charge in [0.25, 0.3) is 5.91 Å². The number of nitrogens with one attached hydrogen (secondary N) is 1. The Morgan fingerprint density at radius 1 is 0.958 bits per heavy atom. The van der Waals surface area contributed by atoms with Crippen molar-refractivity contribution < 1.29 is 9.53 Å². The summed E-state index contributed by atoms with van der Waals surface area (Å²) in [6, 6.07) is 18.0. The molecule has 0 radical (unpaired) electrons. The van der Waals surface area contributed by atoms with Crippen LogP contribution in [-0.2, 0) is 4.79 Å². The second-order valence-electron chi connectivity index (χ2n) is 6.08. The van der Waals surface area contributed by atoms with E-state index in [-0.39, 0.29) is 12.5 Å². The second-order valence-corrected chi connectivity index (χ2v) is 6.08. The molecule has 24 heavy (non-hydrogen) atoms. The predicted octanol–water partition coefficient (Wildman–Crippen LogP) is 2.94. The monoisotopic (exact) mass is 324 g/mol. The Morgan fingerprint density at radius 2 is 1.62 bits per heavy atom. The van der Waals surface area contributed by atoms with E-state index in [4.69, 9.17) is 4.74 Å². The maximum absolute atomic E-state index is 11.8. The van der Waals surface area contributed by atoms with Crippen LogP contribution in [0.2, 0.25) is 0 Å². The van der Waals surface area contributed by atoms with E-state index in [0.717, 1.165) is 25.2 Å². The Bertz CT molecular complexity index is 634. The van der Waals surface area contributed by atoms with Crippen molar-refractivity contribution in [2.75, 3.05) is 32.8 Å². The molecule has 126 valence electrons. The number of benzene rings is 2. The highest BCUT2D eigenvalue weighted by molar-refractivity contribution is 5.77. The standard InChI is InChI=1S/C20H24N2O2/c23-20(21-12-15-22-13-4-5-14-22)16-24-19-10-8-18(9-11-19)17-6-2-1-3-7-17/h1-3,6-11H,4-5,12-16H2,(H,21,23). The molecule has 2 aromatic carbocycles. The highest BCUT2D eigenvalue weighted by Gasteiger charge is 2.11. The zero-order valence-corrected chi connectivity index (χ0v) is 13.9. The van der Waals surface area contributed by atoms with Crippen LogP contribution in [0.3, 0.4) is 0 Å². The number of amides is 1. The Balaban J connectivity index is 1.40. The number of likely N-dealkylation sites (tertiary alicyclic amines) is 1. The third-order valence-corrected chi connectivity index (χ3v) is 4.28. The van der Waals surface area contributed by atoms with E-state index in [2.05, 4.69) is 22.3 Å². The highest BCUT2D eigenvalue weighted by atomic mass is 16.5. The lowest BCUT2D eigenvalue weighted by Gasteiger charge is -2.14. The molecule has 1 saturated heterocycles. The first kappa shape index (κ1) is 16.5. The lowest BCUT2D eigenvalue weighted by Crippen LogP contribution is -2.35. The molecule has 0 unspecified atom stereocenters. The van der Waals surface area contributed by atoms with Crippen LogP contribution in [0.4, 0.5) is 0 Å². The van der Waals surface area contributed by atoms with E-state index in [1.807, 2.05) is 42.5 Å². The van der Waals surface area contributed by atoms with E-state index < -0.39 is 0 Å². The summed E-state index contributed by atoms with van der Waals surface area (Å²) in [5, 5.41) is 2.91. The van der Waals surface area contributed by atoms with Gasteiger partial charge in [0.05, 0.1) is 0 Å². The van der Waals surface area contributed by atoms with Crippen molar-refractivity contribution in [2.45, 2.75) is 12.8 Å². The van der Waals surface area contributed by atoms with Gasteiger partial charge in [-0.15, -0.1) is 0 Å². The van der Waals surface area contributed by atoms with E-state index >= 15 is 0 Å². The van der Waals surface area contributed by atoms with Crippen molar-refractivity contribution in [1.29, 1.82) is 0 Å². The molecule has 1 amide bonds. The van der Waals surface area contributed by atoms with Crippen LogP contribution < -0.4 is 10.1 Å². The molecule has 0 spiro atoms. The summed E-state index contributed by atoms with van der Waals surface area (Å²) in [6.07, 6.45) is 2.55. The molecule has 0 atom stereocenters.